The number of nitrogens with two attached hydrogens (primary N) is 9. The minimum atomic E-state index is -1.52. The third kappa shape index (κ3) is 43.2. The maximum atomic E-state index is 10.3. The Kier molecular flexibility index (Phi) is 60.0. The van der Waals surface area contributed by atoms with E-state index in [1.165, 1.54) is 42.5 Å². The molecule has 0 aromatic carbocycles. The number of carbonyl (C=O) groups excluding carboxylic acids is 8. The molecule has 0 bridgehead atoms. The fraction of sp³-hybridized carbons (Fsp3) is 0. The molecular formula is C44H55Mn2N23O29. The number of aromatic nitrogens is 14. The monoisotopic (exact) mass is 1480 g/mol. The molecule has 534 valence electrons. The van der Waals surface area contributed by atoms with Gasteiger partial charge in [-0.05, 0) is 60.7 Å². The SMILES string of the molecule is Nc1nc(N)[nH+]c(N)n1.Nc1nc(N)[nH+]c(N)n1.Nc1nc(N)[nH+]c(N)n1.O.O.O.O.O.O.O.O=C(O)c1cccc(C(=O)O)n1.O=C([O-])c1cccc(C(=O)[O-])n1.O=C([O-])c1cccc(C(=O)[O-])n1.O=C([O-])c1cccc(C(=O)[O-])n1.O=C([O-])c1cccc(C(=O)[O-])n1.[H+].[Mn+3].[Mn+3].[OH-].[OH-]. The summed E-state index contributed by atoms with van der Waals surface area (Å²) in [6.07, 6.45) is 0. The van der Waals surface area contributed by atoms with Gasteiger partial charge in [0, 0.05) is 0 Å². The van der Waals surface area contributed by atoms with Crippen LogP contribution in [0.25, 0.3) is 0 Å². The topological polar surface area (TPSA) is 1090 Å². The first kappa shape index (κ1) is 109. The maximum Gasteiger partial charge on any atom is 3.00 e. The summed E-state index contributed by atoms with van der Waals surface area (Å²) in [6, 6.07) is 17.9. The van der Waals surface area contributed by atoms with Gasteiger partial charge >= 0.3 is 101 Å². The molecule has 0 aliphatic heterocycles. The van der Waals surface area contributed by atoms with Crippen molar-refractivity contribution in [3.8, 4) is 0 Å². The summed E-state index contributed by atoms with van der Waals surface area (Å²) in [5.74, 6) is -13.4. The summed E-state index contributed by atoms with van der Waals surface area (Å²) in [6.45, 7) is 0. The van der Waals surface area contributed by atoms with E-state index in [1.54, 1.807) is 0 Å². The van der Waals surface area contributed by atoms with Crippen molar-refractivity contribution in [2.75, 3.05) is 51.6 Å². The third-order valence-corrected chi connectivity index (χ3v) is 8.04. The number of aromatic amines is 3. The predicted octanol–water partition coefficient (Wildman–Crippen LogP) is -20.2. The number of carbonyl (C=O) groups is 10. The number of H-pyrrole nitrogens is 3. The number of anilines is 9. The molecule has 0 radical (unpaired) electrons. The molecule has 52 nitrogen and oxygen atoms in total. The molecular weight excluding hydrogens is 1420 g/mol. The largest absolute Gasteiger partial charge is 3.00 e. The van der Waals surface area contributed by atoms with Crippen LogP contribution in [0.3, 0.4) is 0 Å². The second-order valence-electron chi connectivity index (χ2n) is 14.4. The summed E-state index contributed by atoms with van der Waals surface area (Å²) in [5.41, 5.74) is 42.7. The minimum Gasteiger partial charge on any atom is -0.870 e. The maximum absolute atomic E-state index is 10.3. The van der Waals surface area contributed by atoms with E-state index in [2.05, 4.69) is 69.8 Å². The van der Waals surface area contributed by atoms with Crippen molar-refractivity contribution in [3.05, 3.63) is 148 Å². The Balaban J connectivity index is -0.0000000861. The molecule has 8 aromatic rings. The number of nitrogens with zero attached hydrogens (tertiary/aromatic N) is 11. The summed E-state index contributed by atoms with van der Waals surface area (Å²) < 4.78 is 0. The summed E-state index contributed by atoms with van der Waals surface area (Å²) >= 11 is 0. The van der Waals surface area contributed by atoms with Gasteiger partial charge in [-0.1, -0.05) is 60.2 Å². The number of aromatic carboxylic acids is 10. The average molecular weight is 1480 g/mol. The molecule has 0 amide bonds. The van der Waals surface area contributed by atoms with E-state index in [0.29, 0.717) is 0 Å². The zero-order valence-corrected chi connectivity index (χ0v) is 50.5. The third-order valence-electron chi connectivity index (χ3n) is 8.04. The number of carboxylic acid groups (broad SMARTS) is 10. The minimum absolute atomic E-state index is 0. The number of nitrogens with one attached hydrogen (secondary N) is 3. The molecule has 98 heavy (non-hydrogen) atoms. The summed E-state index contributed by atoms with van der Waals surface area (Å²) in [5, 5.41) is 98.4. The van der Waals surface area contributed by atoms with E-state index in [4.69, 9.17) is 61.8 Å². The van der Waals surface area contributed by atoms with Gasteiger partial charge in [0.2, 0.25) is 0 Å². The van der Waals surface area contributed by atoms with Crippen LogP contribution in [0.5, 0.6) is 0 Å². The molecule has 8 aromatic heterocycles. The quantitative estimate of drug-likeness (QED) is 0.0566. The molecule has 54 heteroatoms. The van der Waals surface area contributed by atoms with Crippen molar-refractivity contribution in [1.29, 1.82) is 0 Å². The number of nitrogen functional groups attached to an aromatic ring is 9. The van der Waals surface area contributed by atoms with Gasteiger partial charge in [0.1, 0.15) is 11.4 Å². The molecule has 0 aliphatic carbocycles. The van der Waals surface area contributed by atoms with Gasteiger partial charge in [-0.3, -0.25) is 0 Å². The molecule has 0 unspecified atom stereocenters. The van der Waals surface area contributed by atoms with Crippen molar-refractivity contribution < 1.29 is 199 Å². The zero-order valence-electron chi connectivity index (χ0n) is 49.2. The Morgan fingerprint density at radius 3 is 0.480 bits per heavy atom. The van der Waals surface area contributed by atoms with Crippen LogP contribution < -0.4 is 107 Å². The molecule has 0 spiro atoms. The van der Waals surface area contributed by atoms with E-state index in [9.17, 15) is 88.8 Å². The van der Waals surface area contributed by atoms with Crippen molar-refractivity contribution in [2.45, 2.75) is 0 Å². The van der Waals surface area contributed by atoms with Crippen LogP contribution in [0.1, 0.15) is 106 Å². The second kappa shape index (κ2) is 54.0. The average Bonchev–Trinajstić information content (AvgIpc) is 3.43. The van der Waals surface area contributed by atoms with Gasteiger partial charge < -0.3 is 190 Å². The van der Waals surface area contributed by atoms with Gasteiger partial charge in [0.25, 0.3) is 0 Å². The first-order valence-corrected chi connectivity index (χ1v) is 21.9. The zero-order chi connectivity index (χ0) is 66.2. The molecule has 0 saturated heterocycles. The van der Waals surface area contributed by atoms with Gasteiger partial charge in [0.15, 0.2) is 0 Å². The smallest absolute Gasteiger partial charge is 0.870 e. The van der Waals surface area contributed by atoms with Crippen LogP contribution in [0.2, 0.25) is 0 Å². The first-order chi connectivity index (χ1) is 40.6. The fourth-order valence-corrected chi connectivity index (χ4v) is 4.70. The van der Waals surface area contributed by atoms with Crippen molar-refractivity contribution >= 4 is 113 Å². The van der Waals surface area contributed by atoms with Gasteiger partial charge in [-0.15, -0.1) is 0 Å². The van der Waals surface area contributed by atoms with Crippen LogP contribution in [0.4, 0.5) is 53.5 Å². The number of hydrogen-bond acceptors (Lipinski definition) is 40. The van der Waals surface area contributed by atoms with E-state index in [1.807, 2.05) is 0 Å². The Morgan fingerprint density at radius 1 is 0.265 bits per heavy atom. The Bertz CT molecular complexity index is 3040. The fourth-order valence-electron chi connectivity index (χ4n) is 4.70. The molecule has 0 saturated carbocycles. The van der Waals surface area contributed by atoms with Crippen LogP contribution in [0.15, 0.2) is 91.0 Å². The summed E-state index contributed by atoms with van der Waals surface area (Å²) in [4.78, 5) is 147. The van der Waals surface area contributed by atoms with Gasteiger partial charge in [0.05, 0.1) is 93.3 Å². The van der Waals surface area contributed by atoms with Crippen LogP contribution in [-0.4, -0.2) is 174 Å². The number of pyridine rings is 5. The van der Waals surface area contributed by atoms with E-state index in [0.717, 1.165) is 48.5 Å². The van der Waals surface area contributed by atoms with E-state index >= 15 is 0 Å². The van der Waals surface area contributed by atoms with Crippen molar-refractivity contribution in [2.24, 2.45) is 0 Å². The van der Waals surface area contributed by atoms with Crippen LogP contribution >= 0.6 is 0 Å². The molecule has 0 aliphatic rings. The standard InChI is InChI=1S/5C7H5NO4.3C3H6N6.2Mn.9H2O/c5*9-6(10)4-2-1-3-5(8-4)7(11)12;3*4-1-7-2(5)9-3(6)8-1;;;;;;;;;;;/h5*1-3H,(H,9,10)(H,11,12);3*(H6,4,5,6,7,8,9);;;9*1H2/q;;;;;;;;2*+3;;;;;;;;;/p-6. The van der Waals surface area contributed by atoms with Gasteiger partial charge in [-0.2, -0.15) is 0 Å². The van der Waals surface area contributed by atoms with Crippen molar-refractivity contribution in [1.82, 2.24) is 54.8 Å². The number of hydrogen-bond donors (Lipinski definition) is 11. The first-order valence-electron chi connectivity index (χ1n) is 21.9. The predicted molar refractivity (Wildman–Crippen MR) is 296 cm³/mol. The molecule has 39 N–H and O–H groups in total. The van der Waals surface area contributed by atoms with Crippen molar-refractivity contribution in [3.63, 3.8) is 0 Å². The van der Waals surface area contributed by atoms with Crippen LogP contribution in [0, 0.1) is 0 Å². The molecule has 8 rings (SSSR count). The number of carboxylic acids is 10. The molecule has 0 atom stereocenters. The van der Waals surface area contributed by atoms with E-state index < -0.39 is 105 Å². The summed E-state index contributed by atoms with van der Waals surface area (Å²) in [7, 11) is 0. The second-order valence-corrected chi connectivity index (χ2v) is 14.4. The Hall–Kier alpha value is -13.6. The normalized spacial score (nSPS) is 8.29. The van der Waals surface area contributed by atoms with Crippen LogP contribution in [-0.2, 0) is 34.1 Å². The molecule has 8 heterocycles. The van der Waals surface area contributed by atoms with E-state index in [-0.39, 0.29) is 150 Å². The Labute approximate surface area is 564 Å². The number of rotatable bonds is 10. The van der Waals surface area contributed by atoms with Gasteiger partial charge in [-0.25, -0.2) is 49.5 Å². The molecule has 0 fully saturated rings. The Morgan fingerprint density at radius 2 is 0.378 bits per heavy atom.